The lowest BCUT2D eigenvalue weighted by molar-refractivity contribution is -0.141. The van der Waals surface area contributed by atoms with Gasteiger partial charge in [-0.05, 0) is 6.42 Å². The van der Waals surface area contributed by atoms with Crippen molar-refractivity contribution in [3.63, 3.8) is 0 Å². The molecule has 0 saturated heterocycles. The van der Waals surface area contributed by atoms with Crippen LogP contribution in [0.4, 0.5) is 0 Å². The average Bonchev–Trinajstić information content (AvgIpc) is 2.20. The van der Waals surface area contributed by atoms with Crippen molar-refractivity contribution in [3.8, 4) is 0 Å². The van der Waals surface area contributed by atoms with Gasteiger partial charge >= 0.3 is 5.97 Å². The number of carboxylic acid groups (broad SMARTS) is 1. The minimum atomic E-state index is -0.941. The molecule has 0 rings (SSSR count). The molecule has 0 spiro atoms. The molecule has 2 N–H and O–H groups in total. The van der Waals surface area contributed by atoms with Crippen LogP contribution in [0.25, 0.3) is 0 Å². The van der Waals surface area contributed by atoms with Crippen molar-refractivity contribution >= 4 is 11.9 Å². The number of carbonyl (C=O) groups excluding carboxylic acids is 1. The van der Waals surface area contributed by atoms with Gasteiger partial charge in [0, 0.05) is 6.92 Å². The van der Waals surface area contributed by atoms with E-state index in [2.05, 4.69) is 12.2 Å². The highest BCUT2D eigenvalue weighted by Gasteiger charge is 2.17. The van der Waals surface area contributed by atoms with E-state index < -0.39 is 12.0 Å². The van der Waals surface area contributed by atoms with Gasteiger partial charge in [-0.2, -0.15) is 0 Å². The Morgan fingerprint density at radius 2 is 1.69 bits per heavy atom. The van der Waals surface area contributed by atoms with Crippen molar-refractivity contribution < 1.29 is 14.7 Å². The van der Waals surface area contributed by atoms with E-state index in [1.807, 2.05) is 0 Å². The van der Waals surface area contributed by atoms with E-state index in [-0.39, 0.29) is 5.91 Å². The summed E-state index contributed by atoms with van der Waals surface area (Å²) >= 11 is 0. The molecule has 0 fully saturated rings. The quantitative estimate of drug-likeness (QED) is 0.596. The van der Waals surface area contributed by atoms with Crippen molar-refractivity contribution in [1.82, 2.24) is 5.32 Å². The first kappa shape index (κ1) is 14.9. The zero-order valence-corrected chi connectivity index (χ0v) is 10.3. The van der Waals surface area contributed by atoms with Gasteiger partial charge in [0.1, 0.15) is 6.04 Å². The molecule has 16 heavy (non-hydrogen) atoms. The van der Waals surface area contributed by atoms with E-state index in [9.17, 15) is 9.59 Å². The molecule has 0 bridgehead atoms. The number of hydrogen-bond donors (Lipinski definition) is 2. The highest BCUT2D eigenvalue weighted by atomic mass is 16.4. The summed E-state index contributed by atoms with van der Waals surface area (Å²) in [6.45, 7) is 3.51. The maximum absolute atomic E-state index is 10.8. The first-order valence-electron chi connectivity index (χ1n) is 6.07. The van der Waals surface area contributed by atoms with Gasteiger partial charge < -0.3 is 10.4 Å². The first-order chi connectivity index (χ1) is 7.57. The van der Waals surface area contributed by atoms with Gasteiger partial charge in [0.2, 0.25) is 5.91 Å². The summed E-state index contributed by atoms with van der Waals surface area (Å²) in [4.78, 5) is 21.5. The fourth-order valence-corrected chi connectivity index (χ4v) is 1.63. The third-order valence-corrected chi connectivity index (χ3v) is 2.52. The minimum Gasteiger partial charge on any atom is -0.480 e. The molecule has 0 aliphatic rings. The zero-order chi connectivity index (χ0) is 12.4. The van der Waals surface area contributed by atoms with Crippen molar-refractivity contribution in [2.45, 2.75) is 64.8 Å². The molecule has 0 unspecified atom stereocenters. The van der Waals surface area contributed by atoms with Gasteiger partial charge in [-0.1, -0.05) is 45.4 Å². The fraction of sp³-hybridized carbons (Fsp3) is 0.833. The van der Waals surface area contributed by atoms with Crippen LogP contribution in [0.5, 0.6) is 0 Å². The largest absolute Gasteiger partial charge is 0.480 e. The van der Waals surface area contributed by atoms with Crippen LogP contribution in [0.2, 0.25) is 0 Å². The molecular weight excluding hydrogens is 206 g/mol. The summed E-state index contributed by atoms with van der Waals surface area (Å²) in [6.07, 6.45) is 7.26. The molecule has 0 radical (unpaired) electrons. The molecule has 94 valence electrons. The predicted molar refractivity (Wildman–Crippen MR) is 63.2 cm³/mol. The summed E-state index contributed by atoms with van der Waals surface area (Å²) in [5.74, 6) is -1.22. The van der Waals surface area contributed by atoms with Gasteiger partial charge in [0.05, 0.1) is 0 Å². The van der Waals surface area contributed by atoms with Crippen LogP contribution in [0.1, 0.15) is 58.8 Å². The smallest absolute Gasteiger partial charge is 0.326 e. The third-order valence-electron chi connectivity index (χ3n) is 2.52. The number of hydrogen-bond acceptors (Lipinski definition) is 2. The minimum absolute atomic E-state index is 0.279. The van der Waals surface area contributed by atoms with Gasteiger partial charge in [0.25, 0.3) is 0 Å². The van der Waals surface area contributed by atoms with Crippen LogP contribution in [0, 0.1) is 0 Å². The molecule has 4 heteroatoms. The van der Waals surface area contributed by atoms with Crippen LogP contribution in [-0.4, -0.2) is 23.0 Å². The van der Waals surface area contributed by atoms with Gasteiger partial charge in [-0.3, -0.25) is 4.79 Å². The summed E-state index contributed by atoms with van der Waals surface area (Å²) in [6, 6.07) is -0.719. The Hall–Kier alpha value is -1.06. The standard InChI is InChI=1S/C12H23NO3/c1-3-4-5-6-7-8-9-11(12(15)16)13-10(2)14/h11H,3-9H2,1-2H3,(H,13,14)(H,15,16)/t11-/m1/s1. The van der Waals surface area contributed by atoms with E-state index in [4.69, 9.17) is 5.11 Å². The Morgan fingerprint density at radius 3 is 2.19 bits per heavy atom. The molecule has 0 heterocycles. The van der Waals surface area contributed by atoms with Crippen LogP contribution >= 0.6 is 0 Å². The number of nitrogens with one attached hydrogen (secondary N) is 1. The number of amides is 1. The number of aliphatic carboxylic acids is 1. The van der Waals surface area contributed by atoms with E-state index >= 15 is 0 Å². The monoisotopic (exact) mass is 229 g/mol. The molecule has 0 aliphatic carbocycles. The van der Waals surface area contributed by atoms with Crippen molar-refractivity contribution in [2.75, 3.05) is 0 Å². The van der Waals surface area contributed by atoms with Crippen molar-refractivity contribution in [2.24, 2.45) is 0 Å². The van der Waals surface area contributed by atoms with E-state index in [1.165, 1.54) is 26.2 Å². The Labute approximate surface area is 97.4 Å². The molecule has 0 aromatic heterocycles. The van der Waals surface area contributed by atoms with Crippen molar-refractivity contribution in [3.05, 3.63) is 0 Å². The van der Waals surface area contributed by atoms with Crippen molar-refractivity contribution in [1.29, 1.82) is 0 Å². The second-order valence-corrected chi connectivity index (χ2v) is 4.15. The molecule has 0 saturated carbocycles. The summed E-state index contributed by atoms with van der Waals surface area (Å²) in [5.41, 5.74) is 0. The fourth-order valence-electron chi connectivity index (χ4n) is 1.63. The van der Waals surface area contributed by atoms with Gasteiger partial charge in [-0.25, -0.2) is 4.79 Å². The lowest BCUT2D eigenvalue weighted by Crippen LogP contribution is -2.39. The molecule has 1 amide bonds. The average molecular weight is 229 g/mol. The highest BCUT2D eigenvalue weighted by Crippen LogP contribution is 2.08. The SMILES string of the molecule is CCCCCCCC[C@@H](NC(C)=O)C(=O)O. The normalized spacial score (nSPS) is 12.1. The molecule has 4 nitrogen and oxygen atoms in total. The number of carbonyl (C=O) groups is 2. The Morgan fingerprint density at radius 1 is 1.12 bits per heavy atom. The van der Waals surface area contributed by atoms with Crippen LogP contribution in [0.15, 0.2) is 0 Å². The molecule has 0 aromatic rings. The number of carboxylic acids is 1. The molecule has 0 aliphatic heterocycles. The van der Waals surface area contributed by atoms with Crippen LogP contribution in [0.3, 0.4) is 0 Å². The lowest BCUT2D eigenvalue weighted by atomic mass is 10.1. The molecular formula is C12H23NO3. The van der Waals surface area contributed by atoms with E-state index in [0.29, 0.717) is 6.42 Å². The molecule has 1 atom stereocenters. The summed E-state index contributed by atoms with van der Waals surface area (Å²) < 4.78 is 0. The first-order valence-corrected chi connectivity index (χ1v) is 6.07. The Balaban J connectivity index is 3.60. The second-order valence-electron chi connectivity index (χ2n) is 4.15. The Kier molecular flexibility index (Phi) is 8.58. The van der Waals surface area contributed by atoms with Gasteiger partial charge in [0.15, 0.2) is 0 Å². The van der Waals surface area contributed by atoms with Crippen LogP contribution in [-0.2, 0) is 9.59 Å². The topological polar surface area (TPSA) is 66.4 Å². The second kappa shape index (κ2) is 9.19. The predicted octanol–water partition coefficient (Wildman–Crippen LogP) is 2.33. The summed E-state index contributed by atoms with van der Waals surface area (Å²) in [7, 11) is 0. The summed E-state index contributed by atoms with van der Waals surface area (Å²) in [5, 5.41) is 11.3. The maximum Gasteiger partial charge on any atom is 0.326 e. The maximum atomic E-state index is 10.8. The van der Waals surface area contributed by atoms with Crippen LogP contribution < -0.4 is 5.32 Å². The number of unbranched alkanes of at least 4 members (excludes halogenated alkanes) is 5. The van der Waals surface area contributed by atoms with E-state index in [1.54, 1.807) is 0 Å². The van der Waals surface area contributed by atoms with E-state index in [0.717, 1.165) is 19.3 Å². The Bertz CT molecular complexity index is 216. The molecule has 0 aromatic carbocycles. The number of rotatable bonds is 9. The third kappa shape index (κ3) is 8.26. The highest BCUT2D eigenvalue weighted by molar-refractivity contribution is 5.81. The zero-order valence-electron chi connectivity index (χ0n) is 10.3. The van der Waals surface area contributed by atoms with Gasteiger partial charge in [-0.15, -0.1) is 0 Å². The lowest BCUT2D eigenvalue weighted by Gasteiger charge is -2.12.